The van der Waals surface area contributed by atoms with Crippen LogP contribution in [0, 0.1) is 6.92 Å². The molecule has 1 heterocycles. The van der Waals surface area contributed by atoms with Gasteiger partial charge in [-0.05, 0) is 32.3 Å². The van der Waals surface area contributed by atoms with Gasteiger partial charge in [0.25, 0.3) is 0 Å². The van der Waals surface area contributed by atoms with Gasteiger partial charge < -0.3 is 20.1 Å². The quantitative estimate of drug-likeness (QED) is 0.383. The monoisotopic (exact) mass is 447 g/mol. The van der Waals surface area contributed by atoms with Crippen molar-refractivity contribution in [2.75, 3.05) is 33.4 Å². The van der Waals surface area contributed by atoms with Gasteiger partial charge in [-0.25, -0.2) is 0 Å². The Morgan fingerprint density at radius 3 is 2.75 bits per heavy atom. The molecule has 0 radical (unpaired) electrons. The Balaban J connectivity index is 0.00000288. The molecule has 1 aliphatic rings. The van der Waals surface area contributed by atoms with Gasteiger partial charge in [0.15, 0.2) is 5.96 Å². The molecule has 0 spiro atoms. The topological polar surface area (TPSA) is 54.9 Å². The van der Waals surface area contributed by atoms with Crippen molar-refractivity contribution in [1.82, 2.24) is 10.6 Å². The van der Waals surface area contributed by atoms with Gasteiger partial charge in [-0.1, -0.05) is 29.8 Å². The molecule has 24 heavy (non-hydrogen) atoms. The Labute approximate surface area is 162 Å². The molecule has 2 N–H and O–H groups in total. The molecule has 0 aromatic heterocycles. The molecule has 5 nitrogen and oxygen atoms in total. The number of ether oxygens (including phenoxy) is 2. The van der Waals surface area contributed by atoms with Gasteiger partial charge in [0.2, 0.25) is 0 Å². The van der Waals surface area contributed by atoms with Gasteiger partial charge >= 0.3 is 0 Å². The lowest BCUT2D eigenvalue weighted by molar-refractivity contribution is 0.0347. The molecule has 0 aliphatic carbocycles. The zero-order chi connectivity index (χ0) is 16.5. The molecule has 6 heteroatoms. The predicted molar refractivity (Wildman–Crippen MR) is 109 cm³/mol. The summed E-state index contributed by atoms with van der Waals surface area (Å²) in [5.74, 6) is 0.816. The fourth-order valence-electron chi connectivity index (χ4n) is 2.47. The third-order valence-corrected chi connectivity index (χ3v) is 3.90. The van der Waals surface area contributed by atoms with Crippen molar-refractivity contribution in [3.05, 3.63) is 35.4 Å². The van der Waals surface area contributed by atoms with E-state index in [0.29, 0.717) is 6.61 Å². The van der Waals surface area contributed by atoms with Crippen LogP contribution in [0.15, 0.2) is 29.3 Å². The van der Waals surface area contributed by atoms with Crippen molar-refractivity contribution < 1.29 is 9.47 Å². The Hall–Kier alpha value is -0.860. The molecular formula is C18H30IN3O2. The second kappa shape index (κ2) is 11.7. The summed E-state index contributed by atoms with van der Waals surface area (Å²) in [7, 11) is 1.79. The number of aryl methyl sites for hydroxylation is 1. The number of benzene rings is 1. The van der Waals surface area contributed by atoms with Gasteiger partial charge in [0.1, 0.15) is 0 Å². The Kier molecular flexibility index (Phi) is 10.3. The number of aliphatic imine (C=N–C) groups is 1. The fourth-order valence-corrected chi connectivity index (χ4v) is 2.47. The first-order valence-corrected chi connectivity index (χ1v) is 8.39. The minimum Gasteiger partial charge on any atom is -0.379 e. The van der Waals surface area contributed by atoms with E-state index in [4.69, 9.17) is 9.47 Å². The number of hydrogen-bond acceptors (Lipinski definition) is 3. The zero-order valence-electron chi connectivity index (χ0n) is 14.9. The van der Waals surface area contributed by atoms with Crippen LogP contribution in [0.1, 0.15) is 24.5 Å². The van der Waals surface area contributed by atoms with Gasteiger partial charge in [-0.3, -0.25) is 4.99 Å². The first kappa shape index (κ1) is 21.2. The summed E-state index contributed by atoms with van der Waals surface area (Å²) in [5, 5.41) is 6.71. The number of nitrogens with one attached hydrogen (secondary N) is 2. The average Bonchev–Trinajstić information content (AvgIpc) is 3.07. The lowest BCUT2D eigenvalue weighted by Crippen LogP contribution is -2.45. The SMILES string of the molecule is CN=C(NCCc1ccc(C)cc1)NC(C)COC1CCOC1.I. The summed E-state index contributed by atoms with van der Waals surface area (Å²) in [4.78, 5) is 4.27. The molecule has 1 aliphatic heterocycles. The van der Waals surface area contributed by atoms with Crippen LogP contribution >= 0.6 is 24.0 Å². The van der Waals surface area contributed by atoms with E-state index in [1.165, 1.54) is 11.1 Å². The maximum absolute atomic E-state index is 5.82. The second-order valence-corrected chi connectivity index (χ2v) is 6.10. The van der Waals surface area contributed by atoms with Crippen LogP contribution in [0.5, 0.6) is 0 Å². The standard InChI is InChI=1S/C18H29N3O2.HI/c1-14-4-6-16(7-5-14)8-10-20-18(19-3)21-15(2)12-23-17-9-11-22-13-17;/h4-7,15,17H,8-13H2,1-3H3,(H2,19,20,21);1H. The molecule has 0 saturated carbocycles. The molecule has 2 unspecified atom stereocenters. The highest BCUT2D eigenvalue weighted by Gasteiger charge is 2.17. The van der Waals surface area contributed by atoms with Crippen molar-refractivity contribution in [2.45, 2.75) is 38.8 Å². The van der Waals surface area contributed by atoms with E-state index in [1.807, 2.05) is 0 Å². The van der Waals surface area contributed by atoms with Crippen LogP contribution in [0.4, 0.5) is 0 Å². The molecule has 0 bridgehead atoms. The van der Waals surface area contributed by atoms with Crippen molar-refractivity contribution in [2.24, 2.45) is 4.99 Å². The van der Waals surface area contributed by atoms with Gasteiger partial charge in [0, 0.05) is 26.2 Å². The van der Waals surface area contributed by atoms with E-state index in [1.54, 1.807) is 7.05 Å². The van der Waals surface area contributed by atoms with Crippen LogP contribution in [0.25, 0.3) is 0 Å². The van der Waals surface area contributed by atoms with Crippen molar-refractivity contribution in [1.29, 1.82) is 0 Å². The largest absolute Gasteiger partial charge is 0.379 e. The van der Waals surface area contributed by atoms with Crippen molar-refractivity contribution in [3.8, 4) is 0 Å². The average molecular weight is 447 g/mol. The Morgan fingerprint density at radius 2 is 2.12 bits per heavy atom. The molecule has 1 fully saturated rings. The molecule has 2 atom stereocenters. The van der Waals surface area contributed by atoms with Crippen LogP contribution in [-0.4, -0.2) is 51.5 Å². The molecule has 0 amide bonds. The van der Waals surface area contributed by atoms with Crippen LogP contribution < -0.4 is 10.6 Å². The first-order chi connectivity index (χ1) is 11.2. The van der Waals surface area contributed by atoms with E-state index < -0.39 is 0 Å². The fraction of sp³-hybridized carbons (Fsp3) is 0.611. The third kappa shape index (κ3) is 7.81. The van der Waals surface area contributed by atoms with Gasteiger partial charge in [0.05, 0.1) is 19.3 Å². The van der Waals surface area contributed by atoms with Crippen LogP contribution in [0.2, 0.25) is 0 Å². The summed E-state index contributed by atoms with van der Waals surface area (Å²) in [5.41, 5.74) is 2.62. The lowest BCUT2D eigenvalue weighted by Gasteiger charge is -2.19. The number of guanidine groups is 1. The Bertz CT molecular complexity index is 488. The number of rotatable bonds is 7. The number of nitrogens with zero attached hydrogens (tertiary/aromatic N) is 1. The lowest BCUT2D eigenvalue weighted by atomic mass is 10.1. The second-order valence-electron chi connectivity index (χ2n) is 6.10. The summed E-state index contributed by atoms with van der Waals surface area (Å²) < 4.78 is 11.1. The number of hydrogen-bond donors (Lipinski definition) is 2. The number of halogens is 1. The maximum atomic E-state index is 5.82. The first-order valence-electron chi connectivity index (χ1n) is 8.39. The predicted octanol–water partition coefficient (Wildman–Crippen LogP) is 2.51. The highest BCUT2D eigenvalue weighted by molar-refractivity contribution is 14.0. The molecule has 2 rings (SSSR count). The summed E-state index contributed by atoms with van der Waals surface area (Å²) in [6.45, 7) is 7.25. The van der Waals surface area contributed by atoms with Crippen LogP contribution in [0.3, 0.4) is 0 Å². The highest BCUT2D eigenvalue weighted by atomic mass is 127. The van der Waals surface area contributed by atoms with Gasteiger partial charge in [-0.2, -0.15) is 0 Å². The molecule has 1 aromatic carbocycles. The molecule has 1 saturated heterocycles. The van der Waals surface area contributed by atoms with Crippen molar-refractivity contribution >= 4 is 29.9 Å². The molecular weight excluding hydrogens is 417 g/mol. The van der Waals surface area contributed by atoms with E-state index in [0.717, 1.165) is 38.6 Å². The van der Waals surface area contributed by atoms with E-state index >= 15 is 0 Å². The molecule has 1 aromatic rings. The Morgan fingerprint density at radius 1 is 1.38 bits per heavy atom. The maximum Gasteiger partial charge on any atom is 0.191 e. The third-order valence-electron chi connectivity index (χ3n) is 3.90. The molecule has 136 valence electrons. The zero-order valence-corrected chi connectivity index (χ0v) is 17.2. The van der Waals surface area contributed by atoms with E-state index in [-0.39, 0.29) is 36.1 Å². The highest BCUT2D eigenvalue weighted by Crippen LogP contribution is 2.08. The summed E-state index contributed by atoms with van der Waals surface area (Å²) >= 11 is 0. The minimum absolute atomic E-state index is 0. The van der Waals surface area contributed by atoms with E-state index in [2.05, 4.69) is 53.7 Å². The minimum atomic E-state index is 0. The van der Waals surface area contributed by atoms with Crippen LogP contribution in [-0.2, 0) is 15.9 Å². The van der Waals surface area contributed by atoms with Crippen molar-refractivity contribution in [3.63, 3.8) is 0 Å². The van der Waals surface area contributed by atoms with Gasteiger partial charge in [-0.15, -0.1) is 24.0 Å². The normalized spacial score (nSPS) is 18.8. The smallest absolute Gasteiger partial charge is 0.191 e. The van der Waals surface area contributed by atoms with E-state index in [9.17, 15) is 0 Å². The summed E-state index contributed by atoms with van der Waals surface area (Å²) in [6.07, 6.45) is 2.22. The summed E-state index contributed by atoms with van der Waals surface area (Å²) in [6, 6.07) is 8.85.